The SMILES string of the molecule is Cc1noc(C)c1CN1CCCC12CCN(CC1CC1)CC2. The molecule has 0 N–H and O–H groups in total. The molecule has 0 unspecified atom stereocenters. The summed E-state index contributed by atoms with van der Waals surface area (Å²) < 4.78 is 5.36. The molecule has 0 amide bonds. The fourth-order valence-electron chi connectivity index (χ4n) is 4.54. The summed E-state index contributed by atoms with van der Waals surface area (Å²) in [5, 5.41) is 4.13. The van der Waals surface area contributed by atoms with Crippen LogP contribution in [-0.2, 0) is 6.54 Å². The molecule has 122 valence electrons. The van der Waals surface area contributed by atoms with Crippen molar-refractivity contribution in [3.05, 3.63) is 17.0 Å². The van der Waals surface area contributed by atoms with Gasteiger partial charge in [0, 0.05) is 24.2 Å². The second-order valence-electron chi connectivity index (χ2n) is 7.80. The van der Waals surface area contributed by atoms with Crippen molar-refractivity contribution in [2.24, 2.45) is 5.92 Å². The van der Waals surface area contributed by atoms with Crippen LogP contribution in [-0.4, -0.2) is 46.7 Å². The summed E-state index contributed by atoms with van der Waals surface area (Å²) >= 11 is 0. The van der Waals surface area contributed by atoms with Gasteiger partial charge >= 0.3 is 0 Å². The summed E-state index contributed by atoms with van der Waals surface area (Å²) in [6.45, 7) is 10.4. The molecular formula is C18H29N3O. The first-order chi connectivity index (χ1) is 10.7. The van der Waals surface area contributed by atoms with Gasteiger partial charge < -0.3 is 9.42 Å². The summed E-state index contributed by atoms with van der Waals surface area (Å²) in [6.07, 6.45) is 8.38. The van der Waals surface area contributed by atoms with Gasteiger partial charge in [-0.3, -0.25) is 4.90 Å². The maximum Gasteiger partial charge on any atom is 0.138 e. The molecule has 4 rings (SSSR count). The first kappa shape index (κ1) is 14.7. The van der Waals surface area contributed by atoms with E-state index in [1.165, 1.54) is 70.3 Å². The number of hydrogen-bond acceptors (Lipinski definition) is 4. The minimum absolute atomic E-state index is 0.455. The lowest BCUT2D eigenvalue weighted by Gasteiger charge is -2.45. The summed E-state index contributed by atoms with van der Waals surface area (Å²) in [7, 11) is 0. The number of aromatic nitrogens is 1. The number of nitrogens with zero attached hydrogens (tertiary/aromatic N) is 3. The van der Waals surface area contributed by atoms with Crippen molar-refractivity contribution < 1.29 is 4.52 Å². The van der Waals surface area contributed by atoms with Gasteiger partial charge in [0.15, 0.2) is 0 Å². The first-order valence-corrected chi connectivity index (χ1v) is 9.05. The molecular weight excluding hydrogens is 274 g/mol. The molecule has 2 aliphatic heterocycles. The molecule has 1 saturated carbocycles. The molecule has 1 spiro atoms. The second kappa shape index (κ2) is 5.64. The van der Waals surface area contributed by atoms with Crippen LogP contribution >= 0.6 is 0 Å². The fraction of sp³-hybridized carbons (Fsp3) is 0.833. The Hall–Kier alpha value is -0.870. The van der Waals surface area contributed by atoms with Crippen molar-refractivity contribution in [3.8, 4) is 0 Å². The standard InChI is InChI=1S/C18H29N3O/c1-14-17(15(2)22-19-14)13-21-9-3-6-18(21)7-10-20(11-8-18)12-16-4-5-16/h16H,3-13H2,1-2H3. The van der Waals surface area contributed by atoms with E-state index in [4.69, 9.17) is 4.52 Å². The first-order valence-electron chi connectivity index (χ1n) is 9.05. The van der Waals surface area contributed by atoms with Crippen LogP contribution in [0.3, 0.4) is 0 Å². The molecule has 0 radical (unpaired) electrons. The van der Waals surface area contributed by atoms with Gasteiger partial charge in [-0.05, 0) is 77.9 Å². The van der Waals surface area contributed by atoms with Gasteiger partial charge in [0.25, 0.3) is 0 Å². The zero-order chi connectivity index (χ0) is 15.2. The van der Waals surface area contributed by atoms with Crippen molar-refractivity contribution in [1.29, 1.82) is 0 Å². The largest absolute Gasteiger partial charge is 0.361 e. The molecule has 0 atom stereocenters. The van der Waals surface area contributed by atoms with Crippen molar-refractivity contribution in [2.45, 2.75) is 64.5 Å². The van der Waals surface area contributed by atoms with Gasteiger partial charge in [-0.25, -0.2) is 0 Å². The van der Waals surface area contributed by atoms with Crippen LogP contribution in [0.25, 0.3) is 0 Å². The summed E-state index contributed by atoms with van der Waals surface area (Å²) in [6, 6.07) is 0. The molecule has 3 heterocycles. The van der Waals surface area contributed by atoms with Crippen LogP contribution in [0.5, 0.6) is 0 Å². The smallest absolute Gasteiger partial charge is 0.138 e. The van der Waals surface area contributed by atoms with Crippen LogP contribution in [0, 0.1) is 19.8 Å². The molecule has 3 aliphatic rings. The summed E-state index contributed by atoms with van der Waals surface area (Å²) in [4.78, 5) is 5.46. The van der Waals surface area contributed by atoms with Crippen LogP contribution in [0.1, 0.15) is 55.5 Å². The Morgan fingerprint density at radius 3 is 2.55 bits per heavy atom. The summed E-state index contributed by atoms with van der Waals surface area (Å²) in [5.41, 5.74) is 2.85. The molecule has 4 heteroatoms. The van der Waals surface area contributed by atoms with E-state index in [2.05, 4.69) is 28.8 Å². The van der Waals surface area contributed by atoms with E-state index in [9.17, 15) is 0 Å². The average Bonchev–Trinajstić information content (AvgIpc) is 3.18. The third-order valence-electron chi connectivity index (χ3n) is 6.27. The normalized spacial score (nSPS) is 26.1. The van der Waals surface area contributed by atoms with Crippen LogP contribution in [0.4, 0.5) is 0 Å². The molecule has 0 aromatic carbocycles. The number of rotatable bonds is 4. The molecule has 2 saturated heterocycles. The highest BCUT2D eigenvalue weighted by molar-refractivity contribution is 5.21. The van der Waals surface area contributed by atoms with Crippen LogP contribution in [0.2, 0.25) is 0 Å². The monoisotopic (exact) mass is 303 g/mol. The highest BCUT2D eigenvalue weighted by atomic mass is 16.5. The quantitative estimate of drug-likeness (QED) is 0.855. The lowest BCUT2D eigenvalue weighted by molar-refractivity contribution is 0.0458. The Morgan fingerprint density at radius 2 is 1.91 bits per heavy atom. The van der Waals surface area contributed by atoms with E-state index in [0.717, 1.165) is 23.9 Å². The molecule has 22 heavy (non-hydrogen) atoms. The van der Waals surface area contributed by atoms with Gasteiger partial charge in [0.2, 0.25) is 0 Å². The highest BCUT2D eigenvalue weighted by Crippen LogP contribution is 2.41. The predicted octanol–water partition coefficient (Wildman–Crippen LogP) is 3.13. The lowest BCUT2D eigenvalue weighted by Crippen LogP contribution is -2.52. The van der Waals surface area contributed by atoms with E-state index >= 15 is 0 Å². The minimum Gasteiger partial charge on any atom is -0.361 e. The van der Waals surface area contributed by atoms with Gasteiger partial charge in [0.1, 0.15) is 5.76 Å². The molecule has 3 fully saturated rings. The third kappa shape index (κ3) is 2.71. The van der Waals surface area contributed by atoms with E-state index in [1.54, 1.807) is 0 Å². The minimum atomic E-state index is 0.455. The molecule has 4 nitrogen and oxygen atoms in total. The van der Waals surface area contributed by atoms with Gasteiger partial charge in [0.05, 0.1) is 5.69 Å². The highest BCUT2D eigenvalue weighted by Gasteiger charge is 2.43. The van der Waals surface area contributed by atoms with Gasteiger partial charge in [-0.15, -0.1) is 0 Å². The maximum absolute atomic E-state index is 5.36. The average molecular weight is 303 g/mol. The van der Waals surface area contributed by atoms with Gasteiger partial charge in [-0.1, -0.05) is 5.16 Å². The van der Waals surface area contributed by atoms with Crippen molar-refractivity contribution in [1.82, 2.24) is 15.0 Å². The zero-order valence-corrected chi connectivity index (χ0v) is 14.1. The lowest BCUT2D eigenvalue weighted by atomic mass is 9.84. The van der Waals surface area contributed by atoms with Crippen molar-refractivity contribution >= 4 is 0 Å². The fourth-order valence-corrected chi connectivity index (χ4v) is 4.54. The molecule has 1 aromatic rings. The van der Waals surface area contributed by atoms with Crippen molar-refractivity contribution in [3.63, 3.8) is 0 Å². The molecule has 1 aliphatic carbocycles. The second-order valence-corrected chi connectivity index (χ2v) is 7.80. The van der Waals surface area contributed by atoms with Crippen molar-refractivity contribution in [2.75, 3.05) is 26.2 Å². The number of likely N-dealkylation sites (tertiary alicyclic amines) is 2. The third-order valence-corrected chi connectivity index (χ3v) is 6.27. The maximum atomic E-state index is 5.36. The molecule has 0 bridgehead atoms. The van der Waals surface area contributed by atoms with E-state index in [-0.39, 0.29) is 0 Å². The zero-order valence-electron chi connectivity index (χ0n) is 14.1. The Balaban J connectivity index is 1.42. The predicted molar refractivity (Wildman–Crippen MR) is 86.8 cm³/mol. The topological polar surface area (TPSA) is 32.5 Å². The van der Waals surface area contributed by atoms with Crippen LogP contribution < -0.4 is 0 Å². The van der Waals surface area contributed by atoms with Crippen LogP contribution in [0.15, 0.2) is 4.52 Å². The Kier molecular flexibility index (Phi) is 3.77. The van der Waals surface area contributed by atoms with Gasteiger partial charge in [-0.2, -0.15) is 0 Å². The Bertz CT molecular complexity index is 507. The van der Waals surface area contributed by atoms with E-state index in [0.29, 0.717) is 5.54 Å². The summed E-state index contributed by atoms with van der Waals surface area (Å²) in [5.74, 6) is 2.03. The number of aryl methyl sites for hydroxylation is 2. The number of piperidine rings is 1. The van der Waals surface area contributed by atoms with E-state index in [1.807, 2.05) is 0 Å². The molecule has 1 aromatic heterocycles. The number of hydrogen-bond donors (Lipinski definition) is 0. The Labute approximate surface area is 133 Å². The van der Waals surface area contributed by atoms with E-state index < -0.39 is 0 Å². The Morgan fingerprint density at radius 1 is 1.14 bits per heavy atom.